The zero-order chi connectivity index (χ0) is 16.8. The Morgan fingerprint density at radius 1 is 1.32 bits per heavy atom. The molecule has 1 aromatic carbocycles. The third-order valence-electron chi connectivity index (χ3n) is 3.55. The molecular formula is C15H15F3O3S. The van der Waals surface area contributed by atoms with Crippen molar-refractivity contribution in [1.82, 2.24) is 0 Å². The van der Waals surface area contributed by atoms with Gasteiger partial charge in [0.2, 0.25) is 0 Å². The van der Waals surface area contributed by atoms with Gasteiger partial charge in [0.15, 0.2) is 0 Å². The van der Waals surface area contributed by atoms with Gasteiger partial charge < -0.3 is 4.18 Å². The number of fused-ring (bicyclic) bond motifs is 1. The van der Waals surface area contributed by atoms with E-state index in [1.54, 1.807) is 18.2 Å². The molecule has 0 aromatic heterocycles. The molecular weight excluding hydrogens is 317 g/mol. The van der Waals surface area contributed by atoms with E-state index in [1.165, 1.54) is 12.2 Å². The van der Waals surface area contributed by atoms with Crippen LogP contribution in [0.3, 0.4) is 0 Å². The largest absolute Gasteiger partial charge is 0.534 e. The second-order valence-corrected chi connectivity index (χ2v) is 7.19. The maximum Gasteiger partial charge on any atom is 0.534 e. The van der Waals surface area contributed by atoms with E-state index in [0.717, 1.165) is 5.56 Å². The van der Waals surface area contributed by atoms with Gasteiger partial charge in [-0.25, -0.2) is 0 Å². The Morgan fingerprint density at radius 2 is 1.95 bits per heavy atom. The molecule has 0 unspecified atom stereocenters. The van der Waals surface area contributed by atoms with Gasteiger partial charge in [-0.1, -0.05) is 38.6 Å². The molecule has 0 N–H and O–H groups in total. The van der Waals surface area contributed by atoms with E-state index in [2.05, 4.69) is 10.8 Å². The van der Waals surface area contributed by atoms with Gasteiger partial charge in [-0.2, -0.15) is 21.6 Å². The number of allylic oxidation sites excluding steroid dienone is 1. The van der Waals surface area contributed by atoms with E-state index in [0.29, 0.717) is 17.5 Å². The second-order valence-electron chi connectivity index (χ2n) is 5.65. The van der Waals surface area contributed by atoms with Crippen molar-refractivity contribution >= 4 is 22.0 Å². The molecule has 0 aliphatic heterocycles. The normalized spacial score (nSPS) is 17.4. The molecule has 0 bridgehead atoms. The lowest BCUT2D eigenvalue weighted by Gasteiger charge is -2.31. The molecule has 0 amide bonds. The number of benzene rings is 1. The highest BCUT2D eigenvalue weighted by atomic mass is 32.2. The summed E-state index contributed by atoms with van der Waals surface area (Å²) in [6.45, 7) is 7.44. The van der Waals surface area contributed by atoms with Crippen molar-refractivity contribution in [1.29, 1.82) is 0 Å². The first-order valence-electron chi connectivity index (χ1n) is 6.46. The van der Waals surface area contributed by atoms with Crippen LogP contribution in [0.4, 0.5) is 13.2 Å². The number of rotatable bonds is 3. The molecule has 0 spiro atoms. The summed E-state index contributed by atoms with van der Waals surface area (Å²) < 4.78 is 64.3. The van der Waals surface area contributed by atoms with Crippen molar-refractivity contribution in [2.24, 2.45) is 0 Å². The van der Waals surface area contributed by atoms with Gasteiger partial charge in [-0.15, -0.1) is 0 Å². The highest BCUT2D eigenvalue weighted by Crippen LogP contribution is 2.41. The van der Waals surface area contributed by atoms with E-state index in [-0.39, 0.29) is 11.2 Å². The van der Waals surface area contributed by atoms with Crippen molar-refractivity contribution in [3.63, 3.8) is 0 Å². The molecule has 7 heteroatoms. The molecule has 1 aromatic rings. The number of alkyl halides is 3. The summed E-state index contributed by atoms with van der Waals surface area (Å²) in [5, 5.41) is 0. The average Bonchev–Trinajstić information content (AvgIpc) is 2.40. The van der Waals surface area contributed by atoms with Crippen LogP contribution in [0.25, 0.3) is 11.8 Å². The number of hydrogen-bond acceptors (Lipinski definition) is 3. The molecule has 1 aliphatic rings. The van der Waals surface area contributed by atoms with E-state index >= 15 is 0 Å². The highest BCUT2D eigenvalue weighted by Gasteiger charge is 2.49. The van der Waals surface area contributed by atoms with E-state index in [9.17, 15) is 21.6 Å². The Balaban J connectivity index is 2.53. The van der Waals surface area contributed by atoms with E-state index < -0.39 is 15.6 Å². The summed E-state index contributed by atoms with van der Waals surface area (Å²) in [6, 6.07) is 5.10. The third kappa shape index (κ3) is 2.90. The fourth-order valence-electron chi connectivity index (χ4n) is 2.29. The molecule has 0 saturated heterocycles. The molecule has 0 saturated carbocycles. The monoisotopic (exact) mass is 332 g/mol. The van der Waals surface area contributed by atoms with E-state index in [4.69, 9.17) is 0 Å². The molecule has 22 heavy (non-hydrogen) atoms. The molecule has 1 aliphatic carbocycles. The fraction of sp³-hybridized carbons (Fsp3) is 0.333. The topological polar surface area (TPSA) is 43.4 Å². The van der Waals surface area contributed by atoms with Crippen molar-refractivity contribution in [3.05, 3.63) is 47.5 Å². The molecule has 0 atom stereocenters. The van der Waals surface area contributed by atoms with Crippen molar-refractivity contribution in [2.45, 2.75) is 31.2 Å². The Bertz CT molecular complexity index is 744. The van der Waals surface area contributed by atoms with Crippen molar-refractivity contribution < 1.29 is 25.8 Å². The Morgan fingerprint density at radius 3 is 2.50 bits per heavy atom. The minimum absolute atomic E-state index is 0.296. The van der Waals surface area contributed by atoms with Crippen molar-refractivity contribution in [3.8, 4) is 0 Å². The van der Waals surface area contributed by atoms with Gasteiger partial charge in [0.1, 0.15) is 5.76 Å². The van der Waals surface area contributed by atoms with Crippen LogP contribution < -0.4 is 0 Å². The standard InChI is InChI=1S/C15H15F3O3S/c1-4-10-5-6-12-11(9-10)13(7-8-14(12,2)3)21-22(19,20)15(16,17)18/h4-7,9H,1,8H2,2-3H3. The van der Waals surface area contributed by atoms with Gasteiger partial charge in [-0.05, 0) is 35.1 Å². The average molecular weight is 332 g/mol. The predicted octanol–water partition coefficient (Wildman–Crippen LogP) is 4.22. The van der Waals surface area contributed by atoms with Crippen LogP contribution in [0.5, 0.6) is 0 Å². The Labute approximate surface area is 127 Å². The Kier molecular flexibility index (Phi) is 3.89. The molecule has 0 radical (unpaired) electrons. The van der Waals surface area contributed by atoms with Crippen LogP contribution >= 0.6 is 0 Å². The van der Waals surface area contributed by atoms with Crippen LogP contribution in [0.2, 0.25) is 0 Å². The lowest BCUT2D eigenvalue weighted by molar-refractivity contribution is -0.0509. The summed E-state index contributed by atoms with van der Waals surface area (Å²) in [5.74, 6) is -0.296. The number of halogens is 3. The molecule has 3 nitrogen and oxygen atoms in total. The third-order valence-corrected chi connectivity index (χ3v) is 4.52. The smallest absolute Gasteiger partial charge is 0.376 e. The van der Waals surface area contributed by atoms with Crippen LogP contribution in [0.15, 0.2) is 30.9 Å². The maximum absolute atomic E-state index is 12.5. The first-order valence-corrected chi connectivity index (χ1v) is 7.87. The van der Waals surface area contributed by atoms with Gasteiger partial charge in [0, 0.05) is 5.56 Å². The summed E-state index contributed by atoms with van der Waals surface area (Å²) in [7, 11) is -5.69. The number of hydrogen-bond donors (Lipinski definition) is 0. The van der Waals surface area contributed by atoms with Crippen LogP contribution in [-0.4, -0.2) is 13.9 Å². The fourth-order valence-corrected chi connectivity index (χ4v) is 2.78. The summed E-state index contributed by atoms with van der Waals surface area (Å²) in [4.78, 5) is 0. The minimum atomic E-state index is -5.69. The lowest BCUT2D eigenvalue weighted by atomic mass is 9.75. The van der Waals surface area contributed by atoms with Crippen LogP contribution in [0.1, 0.15) is 37.0 Å². The van der Waals surface area contributed by atoms with Gasteiger partial charge in [-0.3, -0.25) is 0 Å². The Hall–Kier alpha value is -1.76. The first kappa shape index (κ1) is 16.6. The summed E-state index contributed by atoms with van der Waals surface area (Å²) in [6.07, 6.45) is 3.27. The molecule has 2 rings (SSSR count). The highest BCUT2D eigenvalue weighted by molar-refractivity contribution is 7.87. The van der Waals surface area contributed by atoms with Crippen LogP contribution in [-0.2, 0) is 19.7 Å². The first-order chi connectivity index (χ1) is 9.98. The zero-order valence-electron chi connectivity index (χ0n) is 12.1. The van der Waals surface area contributed by atoms with Gasteiger partial charge in [0.25, 0.3) is 0 Å². The van der Waals surface area contributed by atoms with Crippen LogP contribution in [0, 0.1) is 0 Å². The van der Waals surface area contributed by atoms with Gasteiger partial charge in [0.05, 0.1) is 0 Å². The van der Waals surface area contributed by atoms with Gasteiger partial charge >= 0.3 is 15.6 Å². The molecule has 120 valence electrons. The summed E-state index contributed by atoms with van der Waals surface area (Å²) in [5.41, 5.74) is -4.06. The second kappa shape index (κ2) is 5.15. The predicted molar refractivity (Wildman–Crippen MR) is 78.2 cm³/mol. The minimum Gasteiger partial charge on any atom is -0.376 e. The van der Waals surface area contributed by atoms with E-state index in [1.807, 2.05) is 13.8 Å². The lowest BCUT2D eigenvalue weighted by Crippen LogP contribution is -2.27. The van der Waals surface area contributed by atoms with Crippen molar-refractivity contribution in [2.75, 3.05) is 0 Å². The molecule has 0 heterocycles. The zero-order valence-corrected chi connectivity index (χ0v) is 12.9. The quantitative estimate of drug-likeness (QED) is 0.615. The SMILES string of the molecule is C=Cc1ccc2c(c1)C(OS(=O)(=O)C(F)(F)F)=CCC2(C)C. The molecule has 0 fully saturated rings. The summed E-state index contributed by atoms with van der Waals surface area (Å²) >= 11 is 0. The maximum atomic E-state index is 12.5.